The molecule has 0 bridgehead atoms. The SMILES string of the molecule is CN=C(NCc1ccc(CS(C)(=O)=O)cc1)NCc1oc2ccccc2c1C. The molecule has 1 heterocycles. The van der Waals surface area contributed by atoms with Crippen molar-refractivity contribution in [2.24, 2.45) is 4.99 Å². The van der Waals surface area contributed by atoms with Crippen molar-refractivity contribution in [3.8, 4) is 0 Å². The van der Waals surface area contributed by atoms with Gasteiger partial charge in [0, 0.05) is 30.8 Å². The van der Waals surface area contributed by atoms with Crippen LogP contribution in [0.2, 0.25) is 0 Å². The summed E-state index contributed by atoms with van der Waals surface area (Å²) >= 11 is 0. The van der Waals surface area contributed by atoms with Gasteiger partial charge in [-0.25, -0.2) is 8.42 Å². The highest BCUT2D eigenvalue weighted by Crippen LogP contribution is 2.24. The molecule has 148 valence electrons. The number of nitrogens with zero attached hydrogens (tertiary/aromatic N) is 1. The fourth-order valence-corrected chi connectivity index (χ4v) is 3.82. The Labute approximate surface area is 165 Å². The van der Waals surface area contributed by atoms with E-state index in [1.165, 1.54) is 6.26 Å². The van der Waals surface area contributed by atoms with Gasteiger partial charge >= 0.3 is 0 Å². The van der Waals surface area contributed by atoms with Crippen molar-refractivity contribution < 1.29 is 12.8 Å². The molecule has 6 nitrogen and oxygen atoms in total. The van der Waals surface area contributed by atoms with Crippen molar-refractivity contribution >= 4 is 26.8 Å². The lowest BCUT2D eigenvalue weighted by Crippen LogP contribution is -2.36. The van der Waals surface area contributed by atoms with E-state index in [4.69, 9.17) is 4.42 Å². The molecule has 0 radical (unpaired) electrons. The average molecular weight is 400 g/mol. The Morgan fingerprint density at radius 1 is 1.00 bits per heavy atom. The lowest BCUT2D eigenvalue weighted by Gasteiger charge is -2.11. The quantitative estimate of drug-likeness (QED) is 0.491. The van der Waals surface area contributed by atoms with Crippen LogP contribution in [0.3, 0.4) is 0 Å². The first-order valence-electron chi connectivity index (χ1n) is 9.03. The van der Waals surface area contributed by atoms with Gasteiger partial charge in [-0.3, -0.25) is 4.99 Å². The smallest absolute Gasteiger partial charge is 0.191 e. The van der Waals surface area contributed by atoms with Gasteiger partial charge in [-0.2, -0.15) is 0 Å². The van der Waals surface area contributed by atoms with Crippen LogP contribution in [0.15, 0.2) is 57.9 Å². The highest BCUT2D eigenvalue weighted by Gasteiger charge is 2.10. The van der Waals surface area contributed by atoms with Crippen LogP contribution in [-0.2, 0) is 28.7 Å². The molecule has 3 aromatic rings. The Morgan fingerprint density at radius 2 is 1.64 bits per heavy atom. The summed E-state index contributed by atoms with van der Waals surface area (Å²) < 4.78 is 28.6. The Hall–Kier alpha value is -2.80. The Bertz CT molecular complexity index is 1080. The molecule has 0 unspecified atom stereocenters. The Morgan fingerprint density at radius 3 is 2.29 bits per heavy atom. The second-order valence-electron chi connectivity index (χ2n) is 6.81. The minimum atomic E-state index is -3.02. The molecule has 0 spiro atoms. The van der Waals surface area contributed by atoms with Crippen molar-refractivity contribution in [3.63, 3.8) is 0 Å². The number of benzene rings is 2. The van der Waals surface area contributed by atoms with E-state index in [0.717, 1.165) is 33.4 Å². The number of furan rings is 1. The zero-order chi connectivity index (χ0) is 20.1. The zero-order valence-electron chi connectivity index (χ0n) is 16.3. The van der Waals surface area contributed by atoms with E-state index >= 15 is 0 Å². The summed E-state index contributed by atoms with van der Waals surface area (Å²) in [6, 6.07) is 15.5. The number of sulfone groups is 1. The number of guanidine groups is 1. The van der Waals surface area contributed by atoms with Gasteiger partial charge in [0.05, 0.1) is 12.3 Å². The van der Waals surface area contributed by atoms with Crippen molar-refractivity contribution in [1.29, 1.82) is 0 Å². The van der Waals surface area contributed by atoms with Crippen LogP contribution >= 0.6 is 0 Å². The molecule has 0 atom stereocenters. The van der Waals surface area contributed by atoms with Crippen LogP contribution in [0.4, 0.5) is 0 Å². The van der Waals surface area contributed by atoms with Crippen molar-refractivity contribution in [2.75, 3.05) is 13.3 Å². The molecule has 7 heteroatoms. The summed E-state index contributed by atoms with van der Waals surface area (Å²) in [5.74, 6) is 1.61. The van der Waals surface area contributed by atoms with Crippen molar-refractivity contribution in [1.82, 2.24) is 10.6 Å². The van der Waals surface area contributed by atoms with Crippen LogP contribution in [0, 0.1) is 6.92 Å². The maximum atomic E-state index is 11.4. The second-order valence-corrected chi connectivity index (χ2v) is 8.95. The number of hydrogen-bond acceptors (Lipinski definition) is 4. The lowest BCUT2D eigenvalue weighted by atomic mass is 10.1. The third-order valence-corrected chi connectivity index (χ3v) is 5.35. The van der Waals surface area contributed by atoms with Crippen LogP contribution in [0.5, 0.6) is 0 Å². The highest BCUT2D eigenvalue weighted by atomic mass is 32.2. The summed E-state index contributed by atoms with van der Waals surface area (Å²) in [5.41, 5.74) is 3.84. The average Bonchev–Trinajstić information content (AvgIpc) is 2.98. The van der Waals surface area contributed by atoms with Crippen LogP contribution < -0.4 is 10.6 Å². The largest absolute Gasteiger partial charge is 0.459 e. The molecular weight excluding hydrogens is 374 g/mol. The van der Waals surface area contributed by atoms with E-state index in [9.17, 15) is 8.42 Å². The van der Waals surface area contributed by atoms with Gasteiger partial charge < -0.3 is 15.1 Å². The summed E-state index contributed by atoms with van der Waals surface area (Å²) in [6.07, 6.45) is 1.24. The van der Waals surface area contributed by atoms with Crippen molar-refractivity contribution in [3.05, 3.63) is 71.0 Å². The molecule has 2 aromatic carbocycles. The monoisotopic (exact) mass is 399 g/mol. The molecule has 3 rings (SSSR count). The van der Waals surface area contributed by atoms with Gasteiger partial charge in [0.15, 0.2) is 15.8 Å². The van der Waals surface area contributed by atoms with Crippen LogP contribution in [0.25, 0.3) is 11.0 Å². The van der Waals surface area contributed by atoms with E-state index in [2.05, 4.69) is 28.6 Å². The molecule has 0 saturated carbocycles. The maximum Gasteiger partial charge on any atom is 0.191 e. The molecule has 0 aliphatic rings. The minimum Gasteiger partial charge on any atom is -0.459 e. The molecule has 0 aliphatic carbocycles. The number of para-hydroxylation sites is 1. The predicted octanol–water partition coefficient (Wildman–Crippen LogP) is 3.15. The van der Waals surface area contributed by atoms with Gasteiger partial charge in [-0.1, -0.05) is 42.5 Å². The molecule has 1 aromatic heterocycles. The van der Waals surface area contributed by atoms with Gasteiger partial charge in [-0.05, 0) is 24.1 Å². The summed E-state index contributed by atoms with van der Waals surface area (Å²) in [7, 11) is -1.30. The first-order chi connectivity index (χ1) is 13.4. The first-order valence-corrected chi connectivity index (χ1v) is 11.1. The van der Waals surface area contributed by atoms with Gasteiger partial charge in [-0.15, -0.1) is 0 Å². The normalized spacial score (nSPS) is 12.3. The number of hydrogen-bond donors (Lipinski definition) is 2. The van der Waals surface area contributed by atoms with E-state index < -0.39 is 9.84 Å². The predicted molar refractivity (Wildman–Crippen MR) is 113 cm³/mol. The van der Waals surface area contributed by atoms with Gasteiger partial charge in [0.1, 0.15) is 11.3 Å². The summed E-state index contributed by atoms with van der Waals surface area (Å²) in [6.45, 7) is 3.17. The van der Waals surface area contributed by atoms with E-state index in [1.54, 1.807) is 7.05 Å². The maximum absolute atomic E-state index is 11.4. The third kappa shape index (κ3) is 5.13. The summed E-state index contributed by atoms with van der Waals surface area (Å²) in [4.78, 5) is 4.24. The standard InChI is InChI=1S/C21H25N3O3S/c1-15-18-6-4-5-7-19(18)27-20(15)13-24-21(22-2)23-12-16-8-10-17(11-9-16)14-28(3,25)26/h4-11H,12-14H2,1-3H3,(H2,22,23,24). The van der Waals surface area contributed by atoms with E-state index in [1.807, 2.05) is 42.5 Å². The molecule has 2 N–H and O–H groups in total. The third-order valence-electron chi connectivity index (χ3n) is 4.49. The number of rotatable bonds is 6. The molecule has 0 fully saturated rings. The number of aryl methyl sites for hydroxylation is 1. The van der Waals surface area contributed by atoms with E-state index in [0.29, 0.717) is 19.0 Å². The number of fused-ring (bicyclic) bond motifs is 1. The fourth-order valence-electron chi connectivity index (χ4n) is 3.02. The molecule has 28 heavy (non-hydrogen) atoms. The number of nitrogens with one attached hydrogen (secondary N) is 2. The van der Waals surface area contributed by atoms with Crippen molar-refractivity contribution in [2.45, 2.75) is 25.8 Å². The summed E-state index contributed by atoms with van der Waals surface area (Å²) in [5, 5.41) is 7.64. The van der Waals surface area contributed by atoms with Gasteiger partial charge in [0.2, 0.25) is 0 Å². The zero-order valence-corrected chi connectivity index (χ0v) is 17.1. The molecule has 0 amide bonds. The topological polar surface area (TPSA) is 83.7 Å². The minimum absolute atomic E-state index is 0.0563. The van der Waals surface area contributed by atoms with Crippen LogP contribution in [0.1, 0.15) is 22.5 Å². The highest BCUT2D eigenvalue weighted by molar-refractivity contribution is 7.89. The lowest BCUT2D eigenvalue weighted by molar-refractivity contribution is 0.534. The molecular formula is C21H25N3O3S. The molecule has 0 aliphatic heterocycles. The second kappa shape index (κ2) is 8.48. The Kier molecular flexibility index (Phi) is 6.04. The van der Waals surface area contributed by atoms with E-state index in [-0.39, 0.29) is 5.75 Å². The fraction of sp³-hybridized carbons (Fsp3) is 0.286. The van der Waals surface area contributed by atoms with Crippen LogP contribution in [-0.4, -0.2) is 27.7 Å². The van der Waals surface area contributed by atoms with Gasteiger partial charge in [0.25, 0.3) is 0 Å². The first kappa shape index (κ1) is 19.9. The number of aliphatic imine (C=N–C) groups is 1. The molecule has 0 saturated heterocycles. The Balaban J connectivity index is 1.56.